The number of hydrogen-bond donors (Lipinski definition) is 3. The van der Waals surface area contributed by atoms with Crippen LogP contribution >= 0.6 is 15.9 Å². The van der Waals surface area contributed by atoms with Crippen LogP contribution in [-0.2, 0) is 4.74 Å². The molecule has 0 amide bonds. The number of hydrogen-bond acceptors (Lipinski definition) is 3. The van der Waals surface area contributed by atoms with Crippen LogP contribution in [-0.4, -0.2) is 25.7 Å². The first-order valence-electron chi connectivity index (χ1n) is 5.63. The molecule has 1 aromatic carbocycles. The van der Waals surface area contributed by atoms with Crippen molar-refractivity contribution in [2.45, 2.75) is 19.9 Å². The SMILES string of the molecule is COCC(C)N=C(NN)Nc1cc(C)ccc1Br. The first-order valence-corrected chi connectivity index (χ1v) is 6.42. The van der Waals surface area contributed by atoms with Crippen molar-refractivity contribution in [3.05, 3.63) is 28.2 Å². The minimum atomic E-state index is 0.0251. The summed E-state index contributed by atoms with van der Waals surface area (Å²) in [7, 11) is 1.64. The Kier molecular flexibility index (Phi) is 6.11. The van der Waals surface area contributed by atoms with Gasteiger partial charge in [-0.25, -0.2) is 10.8 Å². The molecular formula is C12H19BrN4O. The zero-order chi connectivity index (χ0) is 13.5. The topological polar surface area (TPSA) is 71.7 Å². The van der Waals surface area contributed by atoms with E-state index in [2.05, 4.69) is 31.7 Å². The molecular weight excluding hydrogens is 296 g/mol. The van der Waals surface area contributed by atoms with Crippen LogP contribution in [0.15, 0.2) is 27.7 Å². The number of nitrogens with two attached hydrogens (primary N) is 1. The van der Waals surface area contributed by atoms with Gasteiger partial charge in [-0.15, -0.1) is 0 Å². The van der Waals surface area contributed by atoms with Crippen molar-refractivity contribution in [2.24, 2.45) is 10.8 Å². The van der Waals surface area contributed by atoms with Crippen LogP contribution in [0.3, 0.4) is 0 Å². The summed E-state index contributed by atoms with van der Waals surface area (Å²) in [5.41, 5.74) is 4.62. The Labute approximate surface area is 116 Å². The second-order valence-corrected chi connectivity index (χ2v) is 4.89. The molecule has 0 bridgehead atoms. The van der Waals surface area contributed by atoms with E-state index in [1.54, 1.807) is 7.11 Å². The molecule has 0 fully saturated rings. The fourth-order valence-corrected chi connectivity index (χ4v) is 1.81. The van der Waals surface area contributed by atoms with Gasteiger partial charge in [-0.05, 0) is 47.5 Å². The fraction of sp³-hybridized carbons (Fsp3) is 0.417. The minimum absolute atomic E-state index is 0.0251. The van der Waals surface area contributed by atoms with Crippen LogP contribution in [0.1, 0.15) is 12.5 Å². The van der Waals surface area contributed by atoms with Crippen LogP contribution in [0.2, 0.25) is 0 Å². The number of hydrazine groups is 1. The van der Waals surface area contributed by atoms with Crippen LogP contribution in [0, 0.1) is 6.92 Å². The van der Waals surface area contributed by atoms with E-state index in [9.17, 15) is 0 Å². The van der Waals surface area contributed by atoms with E-state index in [1.165, 1.54) is 0 Å². The van der Waals surface area contributed by atoms with E-state index in [-0.39, 0.29) is 6.04 Å². The molecule has 0 aliphatic heterocycles. The first-order chi connectivity index (χ1) is 8.56. The Bertz CT molecular complexity index is 423. The molecule has 0 aromatic heterocycles. The maximum Gasteiger partial charge on any atom is 0.210 e. The van der Waals surface area contributed by atoms with Crippen molar-refractivity contribution < 1.29 is 4.74 Å². The third kappa shape index (κ3) is 4.64. The van der Waals surface area contributed by atoms with Gasteiger partial charge in [-0.1, -0.05) is 6.07 Å². The maximum absolute atomic E-state index is 5.45. The molecule has 0 saturated heterocycles. The lowest BCUT2D eigenvalue weighted by molar-refractivity contribution is 0.185. The van der Waals surface area contributed by atoms with Gasteiger partial charge in [-0.3, -0.25) is 5.43 Å². The second kappa shape index (κ2) is 7.35. The number of nitrogens with zero attached hydrogens (tertiary/aromatic N) is 1. The number of ether oxygens (including phenoxy) is 1. The molecule has 0 heterocycles. The van der Waals surface area contributed by atoms with Crippen molar-refractivity contribution in [1.82, 2.24) is 5.43 Å². The molecule has 1 unspecified atom stereocenters. The number of anilines is 1. The van der Waals surface area contributed by atoms with Crippen LogP contribution < -0.4 is 16.6 Å². The average Bonchev–Trinajstić information content (AvgIpc) is 2.33. The summed E-state index contributed by atoms with van der Waals surface area (Å²) in [6.45, 7) is 4.52. The Balaban J connectivity index is 2.82. The number of guanidine groups is 1. The zero-order valence-corrected chi connectivity index (χ0v) is 12.4. The molecule has 0 aliphatic carbocycles. The van der Waals surface area contributed by atoms with Crippen LogP contribution in [0.4, 0.5) is 5.69 Å². The van der Waals surface area contributed by atoms with Gasteiger partial charge in [0.1, 0.15) is 0 Å². The van der Waals surface area contributed by atoms with Crippen LogP contribution in [0.5, 0.6) is 0 Å². The third-order valence-corrected chi connectivity index (χ3v) is 2.96. The summed E-state index contributed by atoms with van der Waals surface area (Å²) in [4.78, 5) is 4.37. The first kappa shape index (κ1) is 14.9. The van der Waals surface area contributed by atoms with E-state index in [4.69, 9.17) is 10.6 Å². The van der Waals surface area contributed by atoms with Gasteiger partial charge in [0.15, 0.2) is 0 Å². The number of halogens is 1. The highest BCUT2D eigenvalue weighted by Gasteiger charge is 2.05. The van der Waals surface area contributed by atoms with Crippen molar-refractivity contribution in [3.63, 3.8) is 0 Å². The molecule has 1 rings (SSSR count). The van der Waals surface area contributed by atoms with Crippen molar-refractivity contribution in [2.75, 3.05) is 19.0 Å². The van der Waals surface area contributed by atoms with E-state index < -0.39 is 0 Å². The number of aliphatic imine (C=N–C) groups is 1. The smallest absolute Gasteiger partial charge is 0.210 e. The van der Waals surface area contributed by atoms with E-state index in [0.29, 0.717) is 12.6 Å². The van der Waals surface area contributed by atoms with Gasteiger partial charge < -0.3 is 10.1 Å². The molecule has 4 N–H and O–H groups in total. The molecule has 0 aliphatic rings. The Morgan fingerprint density at radius 3 is 2.89 bits per heavy atom. The molecule has 1 atom stereocenters. The predicted octanol–water partition coefficient (Wildman–Crippen LogP) is 2.02. The van der Waals surface area contributed by atoms with Gasteiger partial charge in [-0.2, -0.15) is 0 Å². The maximum atomic E-state index is 5.45. The second-order valence-electron chi connectivity index (χ2n) is 4.03. The largest absolute Gasteiger partial charge is 0.382 e. The normalized spacial score (nSPS) is 13.3. The van der Waals surface area contributed by atoms with Crippen molar-refractivity contribution in [3.8, 4) is 0 Å². The highest BCUT2D eigenvalue weighted by atomic mass is 79.9. The quantitative estimate of drug-likeness (QED) is 0.344. The standard InChI is InChI=1S/C12H19BrN4O/c1-8-4-5-10(13)11(6-8)16-12(17-14)15-9(2)7-18-3/h4-6,9H,7,14H2,1-3H3,(H2,15,16,17). The van der Waals surface area contributed by atoms with Gasteiger partial charge in [0.05, 0.1) is 18.3 Å². The van der Waals surface area contributed by atoms with Crippen LogP contribution in [0.25, 0.3) is 0 Å². The Morgan fingerprint density at radius 2 is 2.28 bits per heavy atom. The average molecular weight is 315 g/mol. The lowest BCUT2D eigenvalue weighted by Gasteiger charge is -2.13. The third-order valence-electron chi connectivity index (χ3n) is 2.27. The molecule has 1 aromatic rings. The molecule has 0 saturated carbocycles. The molecule has 100 valence electrons. The highest BCUT2D eigenvalue weighted by Crippen LogP contribution is 2.23. The molecule has 0 spiro atoms. The number of nitrogens with one attached hydrogen (secondary N) is 2. The lowest BCUT2D eigenvalue weighted by Crippen LogP contribution is -2.37. The van der Waals surface area contributed by atoms with Gasteiger partial charge >= 0.3 is 0 Å². The molecule has 6 heteroatoms. The summed E-state index contributed by atoms with van der Waals surface area (Å²) in [6, 6.07) is 6.04. The van der Waals surface area contributed by atoms with E-state index >= 15 is 0 Å². The molecule has 5 nitrogen and oxygen atoms in total. The van der Waals surface area contributed by atoms with E-state index in [1.807, 2.05) is 32.0 Å². The number of benzene rings is 1. The number of methoxy groups -OCH3 is 1. The van der Waals surface area contributed by atoms with Gasteiger partial charge in [0, 0.05) is 11.6 Å². The predicted molar refractivity (Wildman–Crippen MR) is 78.6 cm³/mol. The summed E-state index contributed by atoms with van der Waals surface area (Å²) < 4.78 is 5.98. The molecule has 18 heavy (non-hydrogen) atoms. The summed E-state index contributed by atoms with van der Waals surface area (Å²) >= 11 is 3.47. The lowest BCUT2D eigenvalue weighted by atomic mass is 10.2. The van der Waals surface area contributed by atoms with Crippen molar-refractivity contribution >= 4 is 27.6 Å². The Hall–Kier alpha value is -1.11. The monoisotopic (exact) mass is 314 g/mol. The minimum Gasteiger partial charge on any atom is -0.382 e. The summed E-state index contributed by atoms with van der Waals surface area (Å²) in [5.74, 6) is 5.96. The summed E-state index contributed by atoms with van der Waals surface area (Å²) in [5, 5.41) is 3.14. The van der Waals surface area contributed by atoms with E-state index in [0.717, 1.165) is 15.7 Å². The van der Waals surface area contributed by atoms with Gasteiger partial charge in [0.2, 0.25) is 5.96 Å². The van der Waals surface area contributed by atoms with Gasteiger partial charge in [0.25, 0.3) is 0 Å². The fourth-order valence-electron chi connectivity index (χ4n) is 1.47. The molecule has 0 radical (unpaired) electrons. The highest BCUT2D eigenvalue weighted by molar-refractivity contribution is 9.10. The zero-order valence-electron chi connectivity index (χ0n) is 10.8. The Morgan fingerprint density at radius 1 is 1.56 bits per heavy atom. The van der Waals surface area contributed by atoms with Crippen molar-refractivity contribution in [1.29, 1.82) is 0 Å². The summed E-state index contributed by atoms with van der Waals surface area (Å²) in [6.07, 6.45) is 0. The number of rotatable bonds is 4. The number of aryl methyl sites for hydroxylation is 1.